The molecule has 124 valence electrons. The summed E-state index contributed by atoms with van der Waals surface area (Å²) in [6, 6.07) is 10.3. The number of hydrogen-bond donors (Lipinski definition) is 2. The third-order valence-corrected chi connectivity index (χ3v) is 4.94. The van der Waals surface area contributed by atoms with E-state index in [-0.39, 0.29) is 0 Å². The molecule has 24 heavy (non-hydrogen) atoms. The Balaban J connectivity index is 1.57. The lowest BCUT2D eigenvalue weighted by Crippen LogP contribution is -2.33. The highest BCUT2D eigenvalue weighted by Gasteiger charge is 2.22. The molecule has 2 N–H and O–H groups in total. The molecule has 1 saturated heterocycles. The molecule has 5 nitrogen and oxygen atoms in total. The van der Waals surface area contributed by atoms with Crippen LogP contribution in [0.4, 0.5) is 0 Å². The van der Waals surface area contributed by atoms with Crippen LogP contribution in [0.1, 0.15) is 24.5 Å². The molecule has 2 aromatic heterocycles. The first-order chi connectivity index (χ1) is 11.7. The number of aliphatic hydroxyl groups is 1. The van der Waals surface area contributed by atoms with Crippen molar-refractivity contribution in [3.8, 4) is 11.1 Å². The largest absolute Gasteiger partial charge is 0.388 e. The van der Waals surface area contributed by atoms with E-state index in [9.17, 15) is 5.11 Å². The summed E-state index contributed by atoms with van der Waals surface area (Å²) >= 11 is 0. The van der Waals surface area contributed by atoms with Gasteiger partial charge in [0, 0.05) is 36.7 Å². The van der Waals surface area contributed by atoms with Crippen LogP contribution in [0.5, 0.6) is 0 Å². The second-order valence-electron chi connectivity index (χ2n) is 6.58. The summed E-state index contributed by atoms with van der Waals surface area (Å²) in [4.78, 5) is 4.49. The van der Waals surface area contributed by atoms with E-state index >= 15 is 0 Å². The summed E-state index contributed by atoms with van der Waals surface area (Å²) in [6.45, 7) is 1.95. The first-order valence-corrected chi connectivity index (χ1v) is 8.49. The zero-order chi connectivity index (χ0) is 16.5. The Bertz CT molecular complexity index is 834. The molecule has 4 rings (SSSR count). The van der Waals surface area contributed by atoms with Crippen LogP contribution in [0.3, 0.4) is 0 Å². The zero-order valence-corrected chi connectivity index (χ0v) is 13.8. The summed E-state index contributed by atoms with van der Waals surface area (Å²) in [7, 11) is 1.89. The molecule has 3 aromatic rings. The highest BCUT2D eigenvalue weighted by Crippen LogP contribution is 2.29. The van der Waals surface area contributed by atoms with E-state index in [0.717, 1.165) is 53.7 Å². The van der Waals surface area contributed by atoms with Crippen molar-refractivity contribution in [2.45, 2.75) is 18.9 Å². The normalized spacial score (nSPS) is 19.5. The van der Waals surface area contributed by atoms with E-state index in [1.165, 1.54) is 0 Å². The SMILES string of the molecule is Cn1ncc2cc(-c3ccc(C(O)C4CCCNC4)cc3)cnc21. The average molecular weight is 322 g/mol. The first-order valence-electron chi connectivity index (χ1n) is 8.49. The highest BCUT2D eigenvalue weighted by atomic mass is 16.3. The summed E-state index contributed by atoms with van der Waals surface area (Å²) in [6.07, 6.45) is 5.53. The predicted octanol–water partition coefficient (Wildman–Crippen LogP) is 2.67. The van der Waals surface area contributed by atoms with Crippen LogP contribution in [0.25, 0.3) is 22.2 Å². The standard InChI is InChI=1S/C19H22N4O/c1-23-19-17(12-22-23)9-16(11-21-19)13-4-6-14(7-5-13)18(24)15-3-2-8-20-10-15/h4-7,9,11-12,15,18,20,24H,2-3,8,10H2,1H3. The fourth-order valence-corrected chi connectivity index (χ4v) is 3.49. The molecular formula is C19H22N4O. The minimum Gasteiger partial charge on any atom is -0.388 e. The molecule has 0 bridgehead atoms. The Morgan fingerprint density at radius 1 is 1.21 bits per heavy atom. The van der Waals surface area contributed by atoms with Gasteiger partial charge >= 0.3 is 0 Å². The summed E-state index contributed by atoms with van der Waals surface area (Å²) in [5, 5.41) is 19.2. The molecule has 3 heterocycles. The lowest BCUT2D eigenvalue weighted by molar-refractivity contribution is 0.0922. The number of aromatic nitrogens is 3. The number of aryl methyl sites for hydroxylation is 1. The molecule has 0 radical (unpaired) electrons. The smallest absolute Gasteiger partial charge is 0.157 e. The second-order valence-corrected chi connectivity index (χ2v) is 6.58. The van der Waals surface area contributed by atoms with Gasteiger partial charge in [0.2, 0.25) is 0 Å². The van der Waals surface area contributed by atoms with Crippen LogP contribution in [0, 0.1) is 5.92 Å². The van der Waals surface area contributed by atoms with Gasteiger partial charge in [-0.3, -0.25) is 4.68 Å². The number of rotatable bonds is 3. The van der Waals surface area contributed by atoms with Crippen molar-refractivity contribution in [1.82, 2.24) is 20.1 Å². The van der Waals surface area contributed by atoms with Gasteiger partial charge in [-0.1, -0.05) is 24.3 Å². The van der Waals surface area contributed by atoms with Crippen molar-refractivity contribution < 1.29 is 5.11 Å². The lowest BCUT2D eigenvalue weighted by atomic mass is 9.89. The van der Waals surface area contributed by atoms with Gasteiger partial charge in [-0.15, -0.1) is 0 Å². The van der Waals surface area contributed by atoms with Gasteiger partial charge in [-0.2, -0.15) is 5.10 Å². The van der Waals surface area contributed by atoms with E-state index in [2.05, 4.69) is 33.6 Å². The maximum Gasteiger partial charge on any atom is 0.157 e. The number of piperidine rings is 1. The molecule has 0 amide bonds. The number of pyridine rings is 1. The molecular weight excluding hydrogens is 300 g/mol. The van der Waals surface area contributed by atoms with Gasteiger partial charge in [0.15, 0.2) is 5.65 Å². The van der Waals surface area contributed by atoms with Crippen LogP contribution < -0.4 is 5.32 Å². The Kier molecular flexibility index (Phi) is 4.04. The van der Waals surface area contributed by atoms with Crippen molar-refractivity contribution in [2.75, 3.05) is 13.1 Å². The first kappa shape index (κ1) is 15.3. The highest BCUT2D eigenvalue weighted by molar-refractivity contribution is 5.80. The van der Waals surface area contributed by atoms with Gasteiger partial charge in [-0.25, -0.2) is 4.98 Å². The Morgan fingerprint density at radius 2 is 2.04 bits per heavy atom. The van der Waals surface area contributed by atoms with E-state index in [1.807, 2.05) is 31.6 Å². The minimum atomic E-state index is -0.397. The maximum absolute atomic E-state index is 10.6. The van der Waals surface area contributed by atoms with Crippen LogP contribution >= 0.6 is 0 Å². The zero-order valence-electron chi connectivity index (χ0n) is 13.8. The van der Waals surface area contributed by atoms with Crippen LogP contribution in [0.15, 0.2) is 42.7 Å². The molecule has 2 unspecified atom stereocenters. The van der Waals surface area contributed by atoms with Crippen LogP contribution in [-0.4, -0.2) is 33.0 Å². The Morgan fingerprint density at radius 3 is 2.79 bits per heavy atom. The van der Waals surface area contributed by atoms with Gasteiger partial charge in [0.25, 0.3) is 0 Å². The molecule has 1 aromatic carbocycles. The topological polar surface area (TPSA) is 63.0 Å². The molecule has 5 heteroatoms. The molecule has 1 aliphatic heterocycles. The fourth-order valence-electron chi connectivity index (χ4n) is 3.49. The van der Waals surface area contributed by atoms with Crippen molar-refractivity contribution in [1.29, 1.82) is 0 Å². The number of nitrogens with one attached hydrogen (secondary N) is 1. The number of benzene rings is 1. The molecule has 1 aliphatic rings. The van der Waals surface area contributed by atoms with Crippen molar-refractivity contribution in [3.63, 3.8) is 0 Å². The van der Waals surface area contributed by atoms with Gasteiger partial charge in [0.05, 0.1) is 12.3 Å². The molecule has 2 atom stereocenters. The van der Waals surface area contributed by atoms with Gasteiger partial charge in [-0.05, 0) is 36.6 Å². The predicted molar refractivity (Wildman–Crippen MR) is 94.5 cm³/mol. The third kappa shape index (κ3) is 2.81. The summed E-state index contributed by atoms with van der Waals surface area (Å²) < 4.78 is 1.77. The lowest BCUT2D eigenvalue weighted by Gasteiger charge is -2.27. The number of fused-ring (bicyclic) bond motifs is 1. The molecule has 1 fully saturated rings. The monoisotopic (exact) mass is 322 g/mol. The minimum absolute atomic E-state index is 0.304. The third-order valence-electron chi connectivity index (χ3n) is 4.94. The van der Waals surface area contributed by atoms with Gasteiger partial charge in [0.1, 0.15) is 0 Å². The molecule has 0 aliphatic carbocycles. The summed E-state index contributed by atoms with van der Waals surface area (Å²) in [5.74, 6) is 0.304. The number of nitrogens with zero attached hydrogens (tertiary/aromatic N) is 3. The Hall–Kier alpha value is -2.24. The van der Waals surface area contributed by atoms with Gasteiger partial charge < -0.3 is 10.4 Å². The Labute approximate surface area is 141 Å². The van der Waals surface area contributed by atoms with E-state index in [0.29, 0.717) is 5.92 Å². The molecule has 0 saturated carbocycles. The number of aliphatic hydroxyl groups excluding tert-OH is 1. The summed E-state index contributed by atoms with van der Waals surface area (Å²) in [5.41, 5.74) is 4.04. The molecule has 0 spiro atoms. The fraction of sp³-hybridized carbons (Fsp3) is 0.368. The van der Waals surface area contributed by atoms with Crippen LogP contribution in [0.2, 0.25) is 0 Å². The van der Waals surface area contributed by atoms with Crippen LogP contribution in [-0.2, 0) is 7.05 Å². The second kappa shape index (κ2) is 6.34. The number of hydrogen-bond acceptors (Lipinski definition) is 4. The van der Waals surface area contributed by atoms with E-state index < -0.39 is 6.10 Å². The van der Waals surface area contributed by atoms with Crippen molar-refractivity contribution in [3.05, 3.63) is 48.3 Å². The quantitative estimate of drug-likeness (QED) is 0.778. The van der Waals surface area contributed by atoms with Crippen molar-refractivity contribution >= 4 is 11.0 Å². The average Bonchev–Trinajstić information content (AvgIpc) is 3.02. The van der Waals surface area contributed by atoms with E-state index in [4.69, 9.17) is 0 Å². The maximum atomic E-state index is 10.6. The van der Waals surface area contributed by atoms with E-state index in [1.54, 1.807) is 4.68 Å². The van der Waals surface area contributed by atoms with Crippen molar-refractivity contribution in [2.24, 2.45) is 13.0 Å².